The first-order chi connectivity index (χ1) is 9.99. The molecular weight excluding hydrogens is 336 g/mol. The fourth-order valence-electron chi connectivity index (χ4n) is 2.31. The van der Waals surface area contributed by atoms with Gasteiger partial charge < -0.3 is 10.2 Å². The molecule has 21 heavy (non-hydrogen) atoms. The van der Waals surface area contributed by atoms with E-state index in [0.29, 0.717) is 22.6 Å². The van der Waals surface area contributed by atoms with Crippen LogP contribution in [-0.4, -0.2) is 40.2 Å². The van der Waals surface area contributed by atoms with Crippen LogP contribution in [0.3, 0.4) is 0 Å². The number of nitrogens with zero attached hydrogens (tertiary/aromatic N) is 3. The summed E-state index contributed by atoms with van der Waals surface area (Å²) in [5, 5.41) is 7.14. The Balaban J connectivity index is 2.02. The summed E-state index contributed by atoms with van der Waals surface area (Å²) in [6.07, 6.45) is 3.73. The molecule has 7 heteroatoms. The number of carbonyl (C=O) groups is 1. The lowest BCUT2D eigenvalue weighted by atomic mass is 10.2. The lowest BCUT2D eigenvalue weighted by Crippen LogP contribution is -2.33. The van der Waals surface area contributed by atoms with Gasteiger partial charge in [0.2, 0.25) is 5.91 Å². The predicted octanol–water partition coefficient (Wildman–Crippen LogP) is 1.70. The van der Waals surface area contributed by atoms with Gasteiger partial charge in [0, 0.05) is 19.6 Å². The molecule has 1 saturated heterocycles. The first-order valence-corrected chi connectivity index (χ1v) is 8.05. The number of anilines is 1. The average Bonchev–Trinajstić information content (AvgIpc) is 2.96. The lowest BCUT2D eigenvalue weighted by molar-refractivity contribution is -0.128. The van der Waals surface area contributed by atoms with E-state index in [-0.39, 0.29) is 18.0 Å². The van der Waals surface area contributed by atoms with Gasteiger partial charge in [-0.2, -0.15) is 5.10 Å². The van der Waals surface area contributed by atoms with Crippen LogP contribution >= 0.6 is 15.9 Å². The van der Waals surface area contributed by atoms with E-state index in [0.717, 1.165) is 25.9 Å². The quantitative estimate of drug-likeness (QED) is 0.871. The smallest absolute Gasteiger partial charge is 0.283 e. The minimum atomic E-state index is -0.178. The molecule has 116 valence electrons. The second kappa shape index (κ2) is 7.06. The molecule has 1 fully saturated rings. The molecule has 0 aromatic carbocycles. The predicted molar refractivity (Wildman–Crippen MR) is 85.3 cm³/mol. The molecular formula is C14H21BrN4O2. The van der Waals surface area contributed by atoms with Gasteiger partial charge in [-0.05, 0) is 34.7 Å². The van der Waals surface area contributed by atoms with Crippen LogP contribution in [0, 0.1) is 5.92 Å². The molecule has 1 aromatic rings. The molecule has 1 aliphatic rings. The second-order valence-corrected chi connectivity index (χ2v) is 6.49. The Labute approximate surface area is 132 Å². The summed E-state index contributed by atoms with van der Waals surface area (Å²) >= 11 is 3.29. The SMILES string of the molecule is CC(C)Cn1ncc(NCC(=O)N2CCCC2)c(Br)c1=O. The number of carbonyl (C=O) groups excluding carboxylic acids is 1. The molecule has 2 rings (SSSR count). The normalized spacial score (nSPS) is 14.8. The number of halogens is 1. The van der Waals surface area contributed by atoms with Crippen molar-refractivity contribution >= 4 is 27.5 Å². The van der Waals surface area contributed by atoms with Gasteiger partial charge in [0.25, 0.3) is 5.56 Å². The van der Waals surface area contributed by atoms with E-state index in [1.807, 2.05) is 18.7 Å². The molecule has 0 atom stereocenters. The Hall–Kier alpha value is -1.37. The van der Waals surface area contributed by atoms with Crippen LogP contribution in [0.4, 0.5) is 5.69 Å². The Kier molecular flexibility index (Phi) is 5.39. The van der Waals surface area contributed by atoms with Gasteiger partial charge in [-0.25, -0.2) is 4.68 Å². The highest BCUT2D eigenvalue weighted by Crippen LogP contribution is 2.16. The molecule has 1 amide bonds. The highest BCUT2D eigenvalue weighted by atomic mass is 79.9. The van der Waals surface area contributed by atoms with Crippen molar-refractivity contribution in [3.05, 3.63) is 21.0 Å². The summed E-state index contributed by atoms with van der Waals surface area (Å²) in [4.78, 5) is 26.0. The molecule has 0 spiro atoms. The maximum absolute atomic E-state index is 12.1. The zero-order chi connectivity index (χ0) is 15.4. The molecule has 1 aliphatic heterocycles. The second-order valence-electron chi connectivity index (χ2n) is 5.69. The first kappa shape index (κ1) is 16.0. The summed E-state index contributed by atoms with van der Waals surface area (Å²) in [7, 11) is 0. The monoisotopic (exact) mass is 356 g/mol. The van der Waals surface area contributed by atoms with Crippen molar-refractivity contribution in [2.75, 3.05) is 25.0 Å². The summed E-state index contributed by atoms with van der Waals surface area (Å²) in [5.41, 5.74) is 0.384. The maximum Gasteiger partial charge on any atom is 0.283 e. The van der Waals surface area contributed by atoms with Crippen LogP contribution < -0.4 is 10.9 Å². The van der Waals surface area contributed by atoms with Crippen LogP contribution in [0.2, 0.25) is 0 Å². The van der Waals surface area contributed by atoms with Crippen LogP contribution in [0.1, 0.15) is 26.7 Å². The highest BCUT2D eigenvalue weighted by molar-refractivity contribution is 9.10. The zero-order valence-electron chi connectivity index (χ0n) is 12.4. The largest absolute Gasteiger partial charge is 0.374 e. The number of hydrogen-bond acceptors (Lipinski definition) is 4. The number of nitrogens with one attached hydrogen (secondary N) is 1. The third-order valence-corrected chi connectivity index (χ3v) is 4.18. The van der Waals surface area contributed by atoms with Crippen LogP contribution in [-0.2, 0) is 11.3 Å². The Morgan fingerprint density at radius 3 is 2.71 bits per heavy atom. The molecule has 0 bridgehead atoms. The highest BCUT2D eigenvalue weighted by Gasteiger charge is 2.18. The van der Waals surface area contributed by atoms with Crippen molar-refractivity contribution in [2.24, 2.45) is 5.92 Å². The average molecular weight is 357 g/mol. The number of likely N-dealkylation sites (tertiary alicyclic amines) is 1. The van der Waals surface area contributed by atoms with Crippen molar-refractivity contribution < 1.29 is 4.79 Å². The lowest BCUT2D eigenvalue weighted by Gasteiger charge is -2.16. The fraction of sp³-hybridized carbons (Fsp3) is 0.643. The van der Waals surface area contributed by atoms with Crippen molar-refractivity contribution in [3.63, 3.8) is 0 Å². The minimum Gasteiger partial charge on any atom is -0.374 e. The van der Waals surface area contributed by atoms with E-state index in [2.05, 4.69) is 26.3 Å². The third kappa shape index (κ3) is 4.06. The molecule has 0 saturated carbocycles. The van der Waals surface area contributed by atoms with Gasteiger partial charge in [-0.1, -0.05) is 13.8 Å². The summed E-state index contributed by atoms with van der Waals surface area (Å²) < 4.78 is 1.86. The van der Waals surface area contributed by atoms with E-state index in [9.17, 15) is 9.59 Å². The molecule has 1 N–H and O–H groups in total. The van der Waals surface area contributed by atoms with Crippen LogP contribution in [0.5, 0.6) is 0 Å². The van der Waals surface area contributed by atoms with Gasteiger partial charge in [0.05, 0.1) is 18.4 Å². The summed E-state index contributed by atoms with van der Waals surface area (Å²) in [5.74, 6) is 0.406. The number of hydrogen-bond donors (Lipinski definition) is 1. The Bertz CT molecular complexity index is 565. The van der Waals surface area contributed by atoms with Crippen LogP contribution in [0.25, 0.3) is 0 Å². The molecule has 6 nitrogen and oxygen atoms in total. The number of amides is 1. The molecule has 2 heterocycles. The maximum atomic E-state index is 12.1. The molecule has 1 aromatic heterocycles. The molecule has 0 radical (unpaired) electrons. The van der Waals surface area contributed by atoms with Crippen LogP contribution in [0.15, 0.2) is 15.5 Å². The van der Waals surface area contributed by atoms with Crippen molar-refractivity contribution in [1.29, 1.82) is 0 Å². The zero-order valence-corrected chi connectivity index (χ0v) is 14.0. The molecule has 0 unspecified atom stereocenters. The standard InChI is InChI=1S/C14H21BrN4O2/c1-10(2)9-19-14(21)13(15)11(7-17-19)16-8-12(20)18-5-3-4-6-18/h7,10,16H,3-6,8-9H2,1-2H3. The molecule has 0 aliphatic carbocycles. The van der Waals surface area contributed by atoms with Gasteiger partial charge in [0.15, 0.2) is 0 Å². The summed E-state index contributed by atoms with van der Waals surface area (Å²) in [6, 6.07) is 0. The van der Waals surface area contributed by atoms with E-state index in [1.54, 1.807) is 6.20 Å². The van der Waals surface area contributed by atoms with E-state index in [1.165, 1.54) is 4.68 Å². The van der Waals surface area contributed by atoms with E-state index in [4.69, 9.17) is 0 Å². The number of rotatable bonds is 5. The third-order valence-electron chi connectivity index (χ3n) is 3.41. The Morgan fingerprint density at radius 1 is 1.43 bits per heavy atom. The van der Waals surface area contributed by atoms with Gasteiger partial charge >= 0.3 is 0 Å². The van der Waals surface area contributed by atoms with Gasteiger partial charge in [0.1, 0.15) is 4.47 Å². The van der Waals surface area contributed by atoms with E-state index >= 15 is 0 Å². The Morgan fingerprint density at radius 2 is 2.10 bits per heavy atom. The first-order valence-electron chi connectivity index (χ1n) is 7.26. The summed E-state index contributed by atoms with van der Waals surface area (Å²) in [6.45, 7) is 6.48. The van der Waals surface area contributed by atoms with E-state index < -0.39 is 0 Å². The van der Waals surface area contributed by atoms with Crippen molar-refractivity contribution in [2.45, 2.75) is 33.2 Å². The fourth-order valence-corrected chi connectivity index (χ4v) is 2.76. The van der Waals surface area contributed by atoms with Crippen molar-refractivity contribution in [3.8, 4) is 0 Å². The number of aromatic nitrogens is 2. The van der Waals surface area contributed by atoms with Gasteiger partial charge in [-0.3, -0.25) is 9.59 Å². The topological polar surface area (TPSA) is 67.2 Å². The van der Waals surface area contributed by atoms with Gasteiger partial charge in [-0.15, -0.1) is 0 Å². The minimum absolute atomic E-state index is 0.0609. The van der Waals surface area contributed by atoms with Crippen molar-refractivity contribution in [1.82, 2.24) is 14.7 Å².